The molecule has 12 heteroatoms. The zero-order chi connectivity index (χ0) is 21.8. The summed E-state index contributed by atoms with van der Waals surface area (Å²) in [6.45, 7) is 0. The van der Waals surface area contributed by atoms with Gasteiger partial charge < -0.3 is 15.5 Å². The summed E-state index contributed by atoms with van der Waals surface area (Å²) in [5.74, 6) is -4.34. The molecule has 0 aliphatic rings. The molecule has 0 aliphatic heterocycles. The standard InChI is InChI=1S/C17H15ClN2O8S/c18-12-4-2-1-3-11(12)8-29(27,28)9-14(17(23)24)19-13-6-5-10(16(21)22)7-15(13)20(25)26/h1-7,14,19H,8-9H2,(H,21,22)(H,23,24)/t14-/m1/s1. The van der Waals surface area contributed by atoms with Crippen molar-refractivity contribution >= 4 is 44.8 Å². The third-order valence-electron chi connectivity index (χ3n) is 3.82. The van der Waals surface area contributed by atoms with Crippen molar-refractivity contribution in [1.29, 1.82) is 0 Å². The number of rotatable bonds is 9. The van der Waals surface area contributed by atoms with Crippen molar-refractivity contribution in [3.63, 3.8) is 0 Å². The number of hydrogen-bond donors (Lipinski definition) is 3. The van der Waals surface area contributed by atoms with Crippen LogP contribution in [0.2, 0.25) is 5.02 Å². The number of anilines is 1. The molecule has 0 radical (unpaired) electrons. The van der Waals surface area contributed by atoms with Crippen LogP contribution >= 0.6 is 11.6 Å². The van der Waals surface area contributed by atoms with E-state index in [1.165, 1.54) is 12.1 Å². The molecule has 2 rings (SSSR count). The second-order valence-corrected chi connectivity index (χ2v) is 8.49. The molecular formula is C17H15ClN2O8S. The number of sulfone groups is 1. The Labute approximate surface area is 169 Å². The summed E-state index contributed by atoms with van der Waals surface area (Å²) in [6.07, 6.45) is 0. The van der Waals surface area contributed by atoms with E-state index in [0.29, 0.717) is 0 Å². The number of aromatic carboxylic acids is 1. The van der Waals surface area contributed by atoms with Gasteiger partial charge in [-0.15, -0.1) is 0 Å². The second-order valence-electron chi connectivity index (χ2n) is 5.98. The Balaban J connectivity index is 2.29. The van der Waals surface area contributed by atoms with E-state index in [2.05, 4.69) is 5.32 Å². The maximum atomic E-state index is 12.4. The van der Waals surface area contributed by atoms with E-state index in [-0.39, 0.29) is 21.8 Å². The van der Waals surface area contributed by atoms with Crippen molar-refractivity contribution in [2.24, 2.45) is 0 Å². The molecule has 29 heavy (non-hydrogen) atoms. The first-order valence-corrected chi connectivity index (χ1v) is 10.1. The Morgan fingerprint density at radius 1 is 1.17 bits per heavy atom. The largest absolute Gasteiger partial charge is 0.480 e. The lowest BCUT2D eigenvalue weighted by molar-refractivity contribution is -0.384. The van der Waals surface area contributed by atoms with Crippen molar-refractivity contribution in [2.75, 3.05) is 11.1 Å². The van der Waals surface area contributed by atoms with Crippen LogP contribution in [0.1, 0.15) is 15.9 Å². The minimum atomic E-state index is -3.97. The zero-order valence-electron chi connectivity index (χ0n) is 14.6. The molecule has 0 saturated carbocycles. The van der Waals surface area contributed by atoms with E-state index in [1.54, 1.807) is 12.1 Å². The van der Waals surface area contributed by atoms with Gasteiger partial charge in [-0.1, -0.05) is 29.8 Å². The molecule has 0 bridgehead atoms. The molecule has 0 heterocycles. The molecule has 0 saturated heterocycles. The predicted molar refractivity (Wildman–Crippen MR) is 104 cm³/mol. The van der Waals surface area contributed by atoms with Crippen molar-refractivity contribution < 1.29 is 33.1 Å². The number of halogens is 1. The summed E-state index contributed by atoms with van der Waals surface area (Å²) >= 11 is 5.94. The molecule has 0 aliphatic carbocycles. The lowest BCUT2D eigenvalue weighted by Gasteiger charge is -2.16. The fraction of sp³-hybridized carbons (Fsp3) is 0.176. The molecule has 0 unspecified atom stereocenters. The molecule has 0 fully saturated rings. The molecule has 154 valence electrons. The van der Waals surface area contributed by atoms with Gasteiger partial charge in [0.2, 0.25) is 0 Å². The number of nitro benzene ring substituents is 1. The van der Waals surface area contributed by atoms with Crippen LogP contribution in [0.3, 0.4) is 0 Å². The number of nitrogens with one attached hydrogen (secondary N) is 1. The number of carboxylic acid groups (broad SMARTS) is 2. The van der Waals surface area contributed by atoms with Gasteiger partial charge in [0.25, 0.3) is 5.69 Å². The van der Waals surface area contributed by atoms with Crippen LogP contribution in [0.15, 0.2) is 42.5 Å². The van der Waals surface area contributed by atoms with Crippen molar-refractivity contribution in [3.8, 4) is 0 Å². The third kappa shape index (κ3) is 5.90. The maximum Gasteiger partial charge on any atom is 0.335 e. The summed E-state index contributed by atoms with van der Waals surface area (Å²) in [5.41, 5.74) is -1.10. The van der Waals surface area contributed by atoms with Crippen LogP contribution in [-0.2, 0) is 20.4 Å². The molecule has 2 aromatic carbocycles. The minimum Gasteiger partial charge on any atom is -0.480 e. The lowest BCUT2D eigenvalue weighted by atomic mass is 10.1. The summed E-state index contributed by atoms with van der Waals surface area (Å²) in [7, 11) is -3.97. The van der Waals surface area contributed by atoms with Gasteiger partial charge in [-0.2, -0.15) is 0 Å². The highest BCUT2D eigenvalue weighted by Crippen LogP contribution is 2.27. The van der Waals surface area contributed by atoms with Crippen molar-refractivity contribution in [2.45, 2.75) is 11.8 Å². The summed E-state index contributed by atoms with van der Waals surface area (Å²) < 4.78 is 24.9. The van der Waals surface area contributed by atoms with Crippen LogP contribution in [0.5, 0.6) is 0 Å². The van der Waals surface area contributed by atoms with Crippen molar-refractivity contribution in [3.05, 3.63) is 68.7 Å². The third-order valence-corrected chi connectivity index (χ3v) is 5.78. The first kappa shape index (κ1) is 22.1. The number of nitrogens with zero attached hydrogens (tertiary/aromatic N) is 1. The molecule has 10 nitrogen and oxygen atoms in total. The van der Waals surface area contributed by atoms with Gasteiger partial charge in [-0.25, -0.2) is 18.0 Å². The quantitative estimate of drug-likeness (QED) is 0.390. The SMILES string of the molecule is O=C(O)c1ccc(N[C@H](CS(=O)(=O)Cc2ccccc2Cl)C(=O)O)c([N+](=O)[O-])c1. The van der Waals surface area contributed by atoms with Crippen LogP contribution in [0.25, 0.3) is 0 Å². The van der Waals surface area contributed by atoms with E-state index in [4.69, 9.17) is 16.7 Å². The highest BCUT2D eigenvalue weighted by molar-refractivity contribution is 7.90. The van der Waals surface area contributed by atoms with Crippen molar-refractivity contribution in [1.82, 2.24) is 0 Å². The van der Waals surface area contributed by atoms with E-state index < -0.39 is 49.9 Å². The average molecular weight is 443 g/mol. The van der Waals surface area contributed by atoms with Gasteiger partial charge in [0.1, 0.15) is 11.7 Å². The van der Waals surface area contributed by atoms with E-state index in [0.717, 1.165) is 18.2 Å². The van der Waals surface area contributed by atoms with Gasteiger partial charge in [0, 0.05) is 11.1 Å². The number of carboxylic acids is 2. The Morgan fingerprint density at radius 2 is 1.83 bits per heavy atom. The second kappa shape index (κ2) is 8.88. The summed E-state index contributed by atoms with van der Waals surface area (Å²) in [4.78, 5) is 32.8. The number of benzene rings is 2. The first-order valence-electron chi connectivity index (χ1n) is 7.95. The Kier molecular flexibility index (Phi) is 6.77. The van der Waals surface area contributed by atoms with Crippen LogP contribution in [0.4, 0.5) is 11.4 Å². The minimum absolute atomic E-state index is 0.204. The number of nitro groups is 1. The van der Waals surface area contributed by atoms with Crippen LogP contribution < -0.4 is 5.32 Å². The molecular weight excluding hydrogens is 428 g/mol. The highest BCUT2D eigenvalue weighted by Gasteiger charge is 2.28. The van der Waals surface area contributed by atoms with E-state index >= 15 is 0 Å². The predicted octanol–water partition coefficient (Wildman–Crippen LogP) is 2.43. The Bertz CT molecular complexity index is 1070. The van der Waals surface area contributed by atoms with Crippen LogP contribution in [0, 0.1) is 10.1 Å². The van der Waals surface area contributed by atoms with Gasteiger partial charge in [0.15, 0.2) is 9.84 Å². The smallest absolute Gasteiger partial charge is 0.335 e. The summed E-state index contributed by atoms with van der Waals surface area (Å²) in [6, 6.07) is 7.26. The fourth-order valence-electron chi connectivity index (χ4n) is 2.47. The molecule has 1 atom stereocenters. The van der Waals surface area contributed by atoms with Crippen LogP contribution in [-0.4, -0.2) is 47.3 Å². The highest BCUT2D eigenvalue weighted by atomic mass is 35.5. The monoisotopic (exact) mass is 442 g/mol. The van der Waals surface area contributed by atoms with Gasteiger partial charge in [-0.3, -0.25) is 10.1 Å². The average Bonchev–Trinajstić information content (AvgIpc) is 2.62. The Hall–Kier alpha value is -3.18. The Morgan fingerprint density at radius 3 is 2.38 bits per heavy atom. The molecule has 3 N–H and O–H groups in total. The van der Waals surface area contributed by atoms with Gasteiger partial charge in [-0.05, 0) is 23.8 Å². The van der Waals surface area contributed by atoms with Gasteiger partial charge >= 0.3 is 11.9 Å². The first-order chi connectivity index (χ1) is 13.5. The zero-order valence-corrected chi connectivity index (χ0v) is 16.2. The van der Waals surface area contributed by atoms with E-state index in [1.807, 2.05) is 0 Å². The lowest BCUT2D eigenvalue weighted by Crippen LogP contribution is -2.37. The van der Waals surface area contributed by atoms with Gasteiger partial charge in [0.05, 0.1) is 22.0 Å². The number of aliphatic carboxylic acids is 1. The normalized spacial score (nSPS) is 12.2. The molecule has 0 amide bonds. The number of carbonyl (C=O) groups is 2. The molecule has 2 aromatic rings. The van der Waals surface area contributed by atoms with E-state index in [9.17, 15) is 33.2 Å². The maximum absolute atomic E-state index is 12.4. The number of hydrogen-bond acceptors (Lipinski definition) is 7. The fourth-order valence-corrected chi connectivity index (χ4v) is 4.32. The topological polar surface area (TPSA) is 164 Å². The molecule has 0 aromatic heterocycles. The molecule has 0 spiro atoms. The summed E-state index contributed by atoms with van der Waals surface area (Å²) in [5, 5.41) is 32.0.